The monoisotopic (exact) mass is 303 g/mol. The average Bonchev–Trinajstić information content (AvgIpc) is 2.51. The second-order valence-electron chi connectivity index (χ2n) is 4.57. The molecule has 3 N–H and O–H groups in total. The molecule has 0 aliphatic heterocycles. The van der Waals surface area contributed by atoms with E-state index in [1.54, 1.807) is 29.2 Å². The fraction of sp³-hybridized carbons (Fsp3) is 0.188. The van der Waals surface area contributed by atoms with Crippen LogP contribution in [0.2, 0.25) is 5.02 Å². The summed E-state index contributed by atoms with van der Waals surface area (Å²) in [6, 6.07) is 16.4. The van der Waals surface area contributed by atoms with E-state index in [9.17, 15) is 4.79 Å². The number of urea groups is 1. The van der Waals surface area contributed by atoms with E-state index in [-0.39, 0.29) is 6.03 Å². The highest BCUT2D eigenvalue weighted by molar-refractivity contribution is 6.30. The van der Waals surface area contributed by atoms with Crippen LogP contribution in [0.5, 0.6) is 0 Å². The molecule has 0 aliphatic rings. The van der Waals surface area contributed by atoms with E-state index in [1.165, 1.54) is 0 Å². The lowest BCUT2D eigenvalue weighted by Gasteiger charge is -2.23. The molecular formula is C16H18ClN3O. The average molecular weight is 304 g/mol. The Kier molecular flexibility index (Phi) is 5.60. The van der Waals surface area contributed by atoms with E-state index in [0.29, 0.717) is 23.8 Å². The maximum atomic E-state index is 12.4. The molecule has 2 amide bonds. The van der Waals surface area contributed by atoms with E-state index in [1.807, 2.05) is 30.3 Å². The number of halogens is 1. The van der Waals surface area contributed by atoms with Gasteiger partial charge >= 0.3 is 6.03 Å². The van der Waals surface area contributed by atoms with Crippen molar-refractivity contribution >= 4 is 29.0 Å². The molecule has 0 bridgehead atoms. The van der Waals surface area contributed by atoms with Gasteiger partial charge in [-0.3, -0.25) is 4.90 Å². The molecule has 2 aromatic carbocycles. The van der Waals surface area contributed by atoms with Crippen molar-refractivity contribution in [1.82, 2.24) is 0 Å². The predicted octanol–water partition coefficient (Wildman–Crippen LogP) is 3.73. The fourth-order valence-electron chi connectivity index (χ4n) is 1.93. The zero-order chi connectivity index (χ0) is 15.1. The maximum absolute atomic E-state index is 12.4. The van der Waals surface area contributed by atoms with Gasteiger partial charge in [0, 0.05) is 22.9 Å². The third-order valence-electron chi connectivity index (χ3n) is 2.99. The summed E-state index contributed by atoms with van der Waals surface area (Å²) in [5.74, 6) is 0. The smallest absolute Gasteiger partial charge is 0.326 e. The lowest BCUT2D eigenvalue weighted by Crippen LogP contribution is -2.36. The molecule has 110 valence electrons. The number of hydrogen-bond acceptors (Lipinski definition) is 2. The van der Waals surface area contributed by atoms with Gasteiger partial charge in [0.1, 0.15) is 0 Å². The van der Waals surface area contributed by atoms with Gasteiger partial charge in [0.2, 0.25) is 0 Å². The highest BCUT2D eigenvalue weighted by atomic mass is 35.5. The Morgan fingerprint density at radius 1 is 1.10 bits per heavy atom. The zero-order valence-electron chi connectivity index (χ0n) is 11.6. The van der Waals surface area contributed by atoms with Crippen LogP contribution < -0.4 is 16.0 Å². The Balaban J connectivity index is 2.12. The van der Waals surface area contributed by atoms with Crippen molar-refractivity contribution in [3.63, 3.8) is 0 Å². The number of hydrogen-bond donors (Lipinski definition) is 2. The van der Waals surface area contributed by atoms with Gasteiger partial charge in [0.05, 0.1) is 0 Å². The van der Waals surface area contributed by atoms with E-state index in [2.05, 4.69) is 5.32 Å². The van der Waals surface area contributed by atoms with Gasteiger partial charge < -0.3 is 11.1 Å². The molecule has 0 heterocycles. The lowest BCUT2D eigenvalue weighted by atomic mass is 10.2. The van der Waals surface area contributed by atoms with Gasteiger partial charge in [-0.2, -0.15) is 0 Å². The summed E-state index contributed by atoms with van der Waals surface area (Å²) in [5, 5.41) is 3.50. The number of para-hydroxylation sites is 1. The molecule has 5 heteroatoms. The van der Waals surface area contributed by atoms with Crippen molar-refractivity contribution in [2.45, 2.75) is 6.42 Å². The molecule has 0 spiro atoms. The number of nitrogens with one attached hydrogen (secondary N) is 1. The number of rotatable bonds is 5. The highest BCUT2D eigenvalue weighted by Gasteiger charge is 2.15. The van der Waals surface area contributed by atoms with Gasteiger partial charge in [-0.1, -0.05) is 29.8 Å². The van der Waals surface area contributed by atoms with Crippen molar-refractivity contribution in [2.24, 2.45) is 5.73 Å². The third-order valence-corrected chi connectivity index (χ3v) is 3.25. The second kappa shape index (κ2) is 7.67. The summed E-state index contributed by atoms with van der Waals surface area (Å²) >= 11 is 5.84. The van der Waals surface area contributed by atoms with Crippen LogP contribution in [-0.4, -0.2) is 19.1 Å². The first-order valence-electron chi connectivity index (χ1n) is 6.80. The van der Waals surface area contributed by atoms with Gasteiger partial charge in [0.15, 0.2) is 0 Å². The third kappa shape index (κ3) is 4.48. The molecule has 0 saturated carbocycles. The van der Waals surface area contributed by atoms with E-state index in [4.69, 9.17) is 17.3 Å². The number of benzene rings is 2. The molecule has 0 aromatic heterocycles. The number of carbonyl (C=O) groups excluding carboxylic acids is 1. The van der Waals surface area contributed by atoms with E-state index >= 15 is 0 Å². The topological polar surface area (TPSA) is 58.4 Å². The summed E-state index contributed by atoms with van der Waals surface area (Å²) in [4.78, 5) is 14.1. The molecular weight excluding hydrogens is 286 g/mol. The minimum Gasteiger partial charge on any atom is -0.330 e. The summed E-state index contributed by atoms with van der Waals surface area (Å²) < 4.78 is 0. The molecule has 0 saturated heterocycles. The number of amides is 2. The standard InChI is InChI=1S/C16H18ClN3O/c17-13-7-9-14(10-8-13)19-16(21)20(12-4-11-18)15-5-2-1-3-6-15/h1-3,5-10H,4,11-12,18H2,(H,19,21). The van der Waals surface area contributed by atoms with Crippen molar-refractivity contribution in [2.75, 3.05) is 23.3 Å². The van der Waals surface area contributed by atoms with Gasteiger partial charge in [0.25, 0.3) is 0 Å². The molecule has 0 fully saturated rings. The van der Waals surface area contributed by atoms with Gasteiger partial charge in [-0.15, -0.1) is 0 Å². The van der Waals surface area contributed by atoms with Crippen LogP contribution in [0.3, 0.4) is 0 Å². The Hall–Kier alpha value is -2.04. The van der Waals surface area contributed by atoms with Crippen LogP contribution in [0.25, 0.3) is 0 Å². The van der Waals surface area contributed by atoms with Crippen LogP contribution in [0.4, 0.5) is 16.2 Å². The number of nitrogens with zero attached hydrogens (tertiary/aromatic N) is 1. The summed E-state index contributed by atoms with van der Waals surface area (Å²) in [7, 11) is 0. The molecule has 21 heavy (non-hydrogen) atoms. The quantitative estimate of drug-likeness (QED) is 0.884. The predicted molar refractivity (Wildman–Crippen MR) is 87.9 cm³/mol. The Bertz CT molecular complexity index is 572. The summed E-state index contributed by atoms with van der Waals surface area (Å²) in [5.41, 5.74) is 7.10. The van der Waals surface area contributed by atoms with Crippen molar-refractivity contribution in [1.29, 1.82) is 0 Å². The largest absolute Gasteiger partial charge is 0.330 e. The molecule has 4 nitrogen and oxygen atoms in total. The SMILES string of the molecule is NCCCN(C(=O)Nc1ccc(Cl)cc1)c1ccccc1. The molecule has 0 radical (unpaired) electrons. The van der Waals surface area contributed by atoms with Crippen LogP contribution in [0, 0.1) is 0 Å². The Morgan fingerprint density at radius 3 is 2.38 bits per heavy atom. The normalized spacial score (nSPS) is 10.2. The number of nitrogens with two attached hydrogens (primary N) is 1. The minimum atomic E-state index is -0.183. The highest BCUT2D eigenvalue weighted by Crippen LogP contribution is 2.17. The van der Waals surface area contributed by atoms with Gasteiger partial charge in [-0.25, -0.2) is 4.79 Å². The first-order chi connectivity index (χ1) is 10.2. The minimum absolute atomic E-state index is 0.183. The van der Waals surface area contributed by atoms with Gasteiger partial charge in [-0.05, 0) is 49.4 Å². The molecule has 2 aromatic rings. The summed E-state index contributed by atoms with van der Waals surface area (Å²) in [6.07, 6.45) is 0.739. The first-order valence-corrected chi connectivity index (χ1v) is 7.17. The zero-order valence-corrected chi connectivity index (χ0v) is 12.4. The van der Waals surface area contributed by atoms with Crippen LogP contribution in [0.1, 0.15) is 6.42 Å². The van der Waals surface area contributed by atoms with Crippen LogP contribution in [-0.2, 0) is 0 Å². The van der Waals surface area contributed by atoms with Crippen molar-refractivity contribution in [3.05, 3.63) is 59.6 Å². The van der Waals surface area contributed by atoms with Crippen LogP contribution in [0.15, 0.2) is 54.6 Å². The number of anilines is 2. The Labute approximate surface area is 129 Å². The molecule has 0 unspecified atom stereocenters. The maximum Gasteiger partial charge on any atom is 0.326 e. The number of carbonyl (C=O) groups is 1. The molecule has 2 rings (SSSR count). The van der Waals surface area contributed by atoms with E-state index in [0.717, 1.165) is 12.1 Å². The fourth-order valence-corrected chi connectivity index (χ4v) is 2.06. The van der Waals surface area contributed by atoms with E-state index < -0.39 is 0 Å². The van der Waals surface area contributed by atoms with Crippen molar-refractivity contribution < 1.29 is 4.79 Å². The lowest BCUT2D eigenvalue weighted by molar-refractivity contribution is 0.257. The Morgan fingerprint density at radius 2 is 1.76 bits per heavy atom. The van der Waals surface area contributed by atoms with Crippen LogP contribution >= 0.6 is 11.6 Å². The van der Waals surface area contributed by atoms with Crippen molar-refractivity contribution in [3.8, 4) is 0 Å². The second-order valence-corrected chi connectivity index (χ2v) is 5.00. The summed E-state index contributed by atoms with van der Waals surface area (Å²) in [6.45, 7) is 1.11. The first kappa shape index (κ1) is 15.4. The molecule has 0 aliphatic carbocycles. The molecule has 0 atom stereocenters.